The summed E-state index contributed by atoms with van der Waals surface area (Å²) in [5.41, 5.74) is 1.40. The maximum atomic E-state index is 12.5. The van der Waals surface area contributed by atoms with Gasteiger partial charge in [0.15, 0.2) is 6.10 Å². The molecule has 136 valence electrons. The number of para-hydroxylation sites is 2. The highest BCUT2D eigenvalue weighted by Crippen LogP contribution is 2.30. The molecule has 6 nitrogen and oxygen atoms in total. The molecule has 26 heavy (non-hydrogen) atoms. The summed E-state index contributed by atoms with van der Waals surface area (Å²) < 4.78 is 11.0. The number of nitrogens with zero attached hydrogens (tertiary/aromatic N) is 1. The first-order valence-electron chi connectivity index (χ1n) is 8.11. The second-order valence-electron chi connectivity index (χ2n) is 6.00. The smallest absolute Gasteiger partial charge is 0.266 e. The topological polar surface area (TPSA) is 67.9 Å². The van der Waals surface area contributed by atoms with Crippen molar-refractivity contribution in [1.29, 1.82) is 0 Å². The molecule has 1 aliphatic heterocycles. The number of halogens is 1. The van der Waals surface area contributed by atoms with Crippen LogP contribution in [0.15, 0.2) is 42.5 Å². The average Bonchev–Trinajstić information content (AvgIpc) is 2.62. The lowest BCUT2D eigenvalue weighted by Gasteiger charge is -2.27. The summed E-state index contributed by atoms with van der Waals surface area (Å²) in [5, 5.41) is 3.32. The van der Waals surface area contributed by atoms with E-state index >= 15 is 0 Å². The zero-order valence-electron chi connectivity index (χ0n) is 14.5. The van der Waals surface area contributed by atoms with Crippen LogP contribution in [0.25, 0.3) is 0 Å². The number of methoxy groups -OCH3 is 1. The highest BCUT2D eigenvalue weighted by molar-refractivity contribution is 6.30. The fourth-order valence-electron chi connectivity index (χ4n) is 2.76. The first-order chi connectivity index (χ1) is 12.5. The normalized spacial score (nSPS) is 15.5. The van der Waals surface area contributed by atoms with E-state index in [0.29, 0.717) is 28.8 Å². The van der Waals surface area contributed by atoms with Gasteiger partial charge < -0.3 is 19.7 Å². The monoisotopic (exact) mass is 374 g/mol. The van der Waals surface area contributed by atoms with Gasteiger partial charge in [0.05, 0.1) is 19.2 Å². The lowest BCUT2D eigenvalue weighted by Crippen LogP contribution is -2.41. The number of hydrogen-bond donors (Lipinski definition) is 1. The summed E-state index contributed by atoms with van der Waals surface area (Å²) in [6, 6.07) is 12.4. The lowest BCUT2D eigenvalue weighted by molar-refractivity contribution is -0.136. The van der Waals surface area contributed by atoms with Crippen LogP contribution in [0, 0.1) is 0 Å². The molecule has 2 aromatic rings. The number of nitrogens with one attached hydrogen (secondary N) is 1. The summed E-state index contributed by atoms with van der Waals surface area (Å²) >= 11 is 6.03. The molecule has 0 radical (unpaired) electrons. The molecule has 7 heteroatoms. The van der Waals surface area contributed by atoms with Gasteiger partial charge in [0, 0.05) is 24.2 Å². The van der Waals surface area contributed by atoms with Crippen molar-refractivity contribution in [2.75, 3.05) is 19.5 Å². The van der Waals surface area contributed by atoms with Crippen LogP contribution >= 0.6 is 11.6 Å². The van der Waals surface area contributed by atoms with Gasteiger partial charge in [-0.15, -0.1) is 0 Å². The molecule has 1 heterocycles. The molecule has 0 spiro atoms. The molecule has 1 N–H and O–H groups in total. The second-order valence-corrected chi connectivity index (χ2v) is 6.44. The Morgan fingerprint density at radius 1 is 1.31 bits per heavy atom. The van der Waals surface area contributed by atoms with Crippen LogP contribution < -0.4 is 14.8 Å². The molecule has 0 unspecified atom stereocenters. The third-order valence-electron chi connectivity index (χ3n) is 4.14. The van der Waals surface area contributed by atoms with E-state index in [0.717, 1.165) is 5.56 Å². The molecular weight excluding hydrogens is 356 g/mol. The van der Waals surface area contributed by atoms with E-state index in [1.165, 1.54) is 4.90 Å². The first kappa shape index (κ1) is 18.1. The SMILES string of the molecule is COc1ccc(Cl)cc1CN(C)C(=O)C[C@H]1Oc2ccccc2NC1=O. The molecule has 0 saturated carbocycles. The van der Waals surface area contributed by atoms with Gasteiger partial charge in [-0.25, -0.2) is 0 Å². The van der Waals surface area contributed by atoms with Gasteiger partial charge in [-0.3, -0.25) is 9.59 Å². The van der Waals surface area contributed by atoms with Crippen molar-refractivity contribution in [3.63, 3.8) is 0 Å². The van der Waals surface area contributed by atoms with Gasteiger partial charge in [0.25, 0.3) is 5.91 Å². The van der Waals surface area contributed by atoms with Gasteiger partial charge in [-0.05, 0) is 30.3 Å². The van der Waals surface area contributed by atoms with Gasteiger partial charge in [0.1, 0.15) is 11.5 Å². The molecule has 1 aliphatic rings. The highest BCUT2D eigenvalue weighted by atomic mass is 35.5. The molecule has 0 fully saturated rings. The van der Waals surface area contributed by atoms with E-state index in [1.54, 1.807) is 50.6 Å². The molecule has 0 aliphatic carbocycles. The number of benzene rings is 2. The van der Waals surface area contributed by atoms with Gasteiger partial charge >= 0.3 is 0 Å². The highest BCUT2D eigenvalue weighted by Gasteiger charge is 2.30. The molecule has 2 aromatic carbocycles. The number of carbonyl (C=O) groups is 2. The van der Waals surface area contributed by atoms with Gasteiger partial charge in [-0.1, -0.05) is 23.7 Å². The number of ether oxygens (including phenoxy) is 2. The first-order valence-corrected chi connectivity index (χ1v) is 8.48. The predicted molar refractivity (Wildman–Crippen MR) is 98.6 cm³/mol. The van der Waals surface area contributed by atoms with Crippen LogP contribution in [-0.4, -0.2) is 37.0 Å². The molecule has 0 saturated heterocycles. The largest absolute Gasteiger partial charge is 0.496 e. The van der Waals surface area contributed by atoms with E-state index in [1.807, 2.05) is 6.07 Å². The van der Waals surface area contributed by atoms with Crippen LogP contribution in [0.5, 0.6) is 11.5 Å². The molecule has 2 amide bonds. The van der Waals surface area contributed by atoms with Crippen LogP contribution in [0.1, 0.15) is 12.0 Å². The van der Waals surface area contributed by atoms with Crippen LogP contribution in [0.2, 0.25) is 5.02 Å². The summed E-state index contributed by atoms with van der Waals surface area (Å²) in [5.74, 6) is 0.663. The van der Waals surface area contributed by atoms with Crippen molar-refractivity contribution in [3.05, 3.63) is 53.1 Å². The Kier molecular flexibility index (Phi) is 5.32. The van der Waals surface area contributed by atoms with Crippen molar-refractivity contribution in [2.24, 2.45) is 0 Å². The maximum absolute atomic E-state index is 12.5. The van der Waals surface area contributed by atoms with E-state index in [4.69, 9.17) is 21.1 Å². The fourth-order valence-corrected chi connectivity index (χ4v) is 2.95. The Morgan fingerprint density at radius 3 is 2.85 bits per heavy atom. The van der Waals surface area contributed by atoms with E-state index in [-0.39, 0.29) is 18.2 Å². The molecule has 3 rings (SSSR count). The minimum absolute atomic E-state index is 0.0560. The number of rotatable bonds is 5. The standard InChI is InChI=1S/C19H19ClN2O4/c1-22(11-12-9-13(20)7-8-15(12)25-2)18(23)10-17-19(24)21-14-5-3-4-6-16(14)26-17/h3-9,17H,10-11H2,1-2H3,(H,21,24)/t17-/m1/s1. The van der Waals surface area contributed by atoms with Crippen molar-refractivity contribution in [3.8, 4) is 11.5 Å². The van der Waals surface area contributed by atoms with Crippen LogP contribution in [-0.2, 0) is 16.1 Å². The number of anilines is 1. The molecule has 1 atom stereocenters. The average molecular weight is 375 g/mol. The predicted octanol–water partition coefficient (Wildman–Crippen LogP) is 3.10. The quantitative estimate of drug-likeness (QED) is 0.873. The van der Waals surface area contributed by atoms with E-state index in [2.05, 4.69) is 5.32 Å². The third kappa shape index (κ3) is 3.91. The minimum atomic E-state index is -0.860. The lowest BCUT2D eigenvalue weighted by atomic mass is 10.1. The fraction of sp³-hybridized carbons (Fsp3) is 0.263. The zero-order valence-corrected chi connectivity index (χ0v) is 15.2. The maximum Gasteiger partial charge on any atom is 0.266 e. The van der Waals surface area contributed by atoms with Crippen LogP contribution in [0.3, 0.4) is 0 Å². The molecular formula is C19H19ClN2O4. The minimum Gasteiger partial charge on any atom is -0.496 e. The van der Waals surface area contributed by atoms with E-state index < -0.39 is 6.10 Å². The van der Waals surface area contributed by atoms with Crippen molar-refractivity contribution >= 4 is 29.1 Å². The molecule has 0 bridgehead atoms. The summed E-state index contributed by atoms with van der Waals surface area (Å²) in [4.78, 5) is 26.2. The Morgan fingerprint density at radius 2 is 2.08 bits per heavy atom. The zero-order chi connectivity index (χ0) is 18.7. The number of fused-ring (bicyclic) bond motifs is 1. The Hall–Kier alpha value is -2.73. The summed E-state index contributed by atoms with van der Waals surface area (Å²) in [6.45, 7) is 0.313. The third-order valence-corrected chi connectivity index (χ3v) is 4.38. The second kappa shape index (κ2) is 7.66. The Bertz CT molecular complexity index is 840. The number of hydrogen-bond acceptors (Lipinski definition) is 4. The Labute approximate surface area is 156 Å². The number of amides is 2. The van der Waals surface area contributed by atoms with Gasteiger partial charge in [0.2, 0.25) is 5.91 Å². The van der Waals surface area contributed by atoms with Crippen molar-refractivity contribution < 1.29 is 19.1 Å². The van der Waals surface area contributed by atoms with Crippen molar-refractivity contribution in [1.82, 2.24) is 4.90 Å². The number of carbonyl (C=O) groups excluding carboxylic acids is 2. The summed E-state index contributed by atoms with van der Waals surface area (Å²) in [6.07, 6.45) is -0.916. The van der Waals surface area contributed by atoms with Gasteiger partial charge in [-0.2, -0.15) is 0 Å². The van der Waals surface area contributed by atoms with Crippen LogP contribution in [0.4, 0.5) is 5.69 Å². The molecule has 0 aromatic heterocycles. The van der Waals surface area contributed by atoms with Crippen molar-refractivity contribution in [2.45, 2.75) is 19.1 Å². The van der Waals surface area contributed by atoms with E-state index in [9.17, 15) is 9.59 Å². The Balaban J connectivity index is 1.67. The summed E-state index contributed by atoms with van der Waals surface area (Å²) in [7, 11) is 3.23.